The van der Waals surface area contributed by atoms with E-state index < -0.39 is 6.61 Å². The van der Waals surface area contributed by atoms with E-state index in [1.165, 1.54) is 25.7 Å². The second-order valence-corrected chi connectivity index (χ2v) is 5.76. The largest absolute Gasteiger partial charge is 0.435 e. The molecule has 1 aliphatic rings. The van der Waals surface area contributed by atoms with Crippen LogP contribution >= 0.6 is 0 Å². The van der Waals surface area contributed by atoms with Crippen LogP contribution in [0.3, 0.4) is 0 Å². The molecular formula is C16H23F2NO. The third-order valence-corrected chi connectivity index (χ3v) is 4.55. The first-order valence-corrected chi connectivity index (χ1v) is 7.33. The fourth-order valence-electron chi connectivity index (χ4n) is 2.76. The van der Waals surface area contributed by atoms with E-state index in [-0.39, 0.29) is 11.8 Å². The lowest BCUT2D eigenvalue weighted by Gasteiger charge is -2.42. The smallest absolute Gasteiger partial charge is 0.387 e. The van der Waals surface area contributed by atoms with Crippen LogP contribution in [0.1, 0.15) is 51.1 Å². The van der Waals surface area contributed by atoms with E-state index in [0.717, 1.165) is 12.1 Å². The zero-order valence-corrected chi connectivity index (χ0v) is 12.2. The number of benzene rings is 1. The van der Waals surface area contributed by atoms with Gasteiger partial charge in [-0.05, 0) is 49.3 Å². The maximum Gasteiger partial charge on any atom is 0.387 e. The number of alkyl halides is 2. The molecule has 0 saturated heterocycles. The summed E-state index contributed by atoms with van der Waals surface area (Å²) in [5.41, 5.74) is 1.57. The van der Waals surface area contributed by atoms with Crippen molar-refractivity contribution < 1.29 is 13.5 Å². The van der Waals surface area contributed by atoms with Crippen LogP contribution in [0.4, 0.5) is 8.78 Å². The van der Waals surface area contributed by atoms with Crippen LogP contribution in [0, 0.1) is 5.41 Å². The van der Waals surface area contributed by atoms with Crippen molar-refractivity contribution in [2.45, 2.75) is 52.2 Å². The second-order valence-electron chi connectivity index (χ2n) is 5.76. The highest BCUT2D eigenvalue weighted by atomic mass is 19.3. The summed E-state index contributed by atoms with van der Waals surface area (Å²) in [6, 6.07) is 7.10. The molecule has 1 N–H and O–H groups in total. The van der Waals surface area contributed by atoms with E-state index in [4.69, 9.17) is 0 Å². The quantitative estimate of drug-likeness (QED) is 0.794. The molecule has 0 aromatic heterocycles. The molecule has 1 unspecified atom stereocenters. The number of hydrogen-bond donors (Lipinski definition) is 1. The van der Waals surface area contributed by atoms with Gasteiger partial charge in [0.2, 0.25) is 0 Å². The number of nitrogens with one attached hydrogen (secondary N) is 1. The van der Waals surface area contributed by atoms with Crippen molar-refractivity contribution in [3.63, 3.8) is 0 Å². The molecule has 1 atom stereocenters. The third-order valence-electron chi connectivity index (χ3n) is 4.55. The molecule has 2 nitrogen and oxygen atoms in total. The third kappa shape index (κ3) is 3.69. The van der Waals surface area contributed by atoms with Crippen molar-refractivity contribution >= 4 is 0 Å². The van der Waals surface area contributed by atoms with Crippen LogP contribution in [0.15, 0.2) is 24.3 Å². The first kappa shape index (κ1) is 15.2. The number of hydrogen-bond acceptors (Lipinski definition) is 2. The van der Waals surface area contributed by atoms with Gasteiger partial charge >= 0.3 is 6.61 Å². The van der Waals surface area contributed by atoms with E-state index in [1.54, 1.807) is 12.1 Å². The van der Waals surface area contributed by atoms with E-state index in [0.29, 0.717) is 5.41 Å². The van der Waals surface area contributed by atoms with Crippen LogP contribution in [-0.4, -0.2) is 13.2 Å². The number of ether oxygens (including phenoxy) is 1. The zero-order chi connectivity index (χ0) is 14.6. The minimum atomic E-state index is -2.76. The molecule has 20 heavy (non-hydrogen) atoms. The van der Waals surface area contributed by atoms with Gasteiger partial charge in [0.25, 0.3) is 0 Å². The lowest BCUT2D eigenvalue weighted by Crippen LogP contribution is -2.40. The highest BCUT2D eigenvalue weighted by molar-refractivity contribution is 5.29. The summed E-state index contributed by atoms with van der Waals surface area (Å²) in [4.78, 5) is 0. The Morgan fingerprint density at radius 1 is 1.25 bits per heavy atom. The van der Waals surface area contributed by atoms with Crippen LogP contribution in [0.2, 0.25) is 0 Å². The van der Waals surface area contributed by atoms with Crippen molar-refractivity contribution in [1.82, 2.24) is 5.32 Å². The molecule has 1 aromatic rings. The predicted octanol–water partition coefficient (Wildman–Crippen LogP) is 4.52. The van der Waals surface area contributed by atoms with Gasteiger partial charge in [-0.15, -0.1) is 0 Å². The lowest BCUT2D eigenvalue weighted by molar-refractivity contribution is -0.0498. The molecule has 1 aromatic carbocycles. The molecule has 1 saturated carbocycles. The van der Waals surface area contributed by atoms with Crippen LogP contribution < -0.4 is 10.1 Å². The van der Waals surface area contributed by atoms with Gasteiger partial charge in [0, 0.05) is 12.6 Å². The summed E-state index contributed by atoms with van der Waals surface area (Å²) >= 11 is 0. The van der Waals surface area contributed by atoms with Crippen molar-refractivity contribution in [3.05, 3.63) is 29.8 Å². The number of halogens is 2. The topological polar surface area (TPSA) is 21.3 Å². The average Bonchev–Trinajstić information content (AvgIpc) is 2.38. The van der Waals surface area contributed by atoms with Gasteiger partial charge in [-0.2, -0.15) is 8.78 Å². The molecule has 0 amide bonds. The minimum absolute atomic E-state index is 0.208. The first-order chi connectivity index (χ1) is 9.54. The summed E-state index contributed by atoms with van der Waals surface area (Å²) in [6.45, 7) is 2.62. The van der Waals surface area contributed by atoms with E-state index in [1.807, 2.05) is 12.1 Å². The summed E-state index contributed by atoms with van der Waals surface area (Å²) in [5.74, 6) is 0.208. The lowest BCUT2D eigenvalue weighted by atomic mass is 9.67. The second kappa shape index (κ2) is 6.53. The molecule has 112 valence electrons. The minimum Gasteiger partial charge on any atom is -0.435 e. The molecule has 4 heteroatoms. The van der Waals surface area contributed by atoms with Gasteiger partial charge < -0.3 is 10.1 Å². The summed E-state index contributed by atoms with van der Waals surface area (Å²) in [6.07, 6.45) is 5.17. The van der Waals surface area contributed by atoms with Gasteiger partial charge in [0.15, 0.2) is 0 Å². The molecule has 0 radical (unpaired) electrons. The Hall–Kier alpha value is -1.16. The maximum atomic E-state index is 12.1. The SMILES string of the molecule is CCC1(CNC(C)c2ccc(OC(F)F)cc2)CCC1. The normalized spacial score (nSPS) is 18.6. The van der Waals surface area contributed by atoms with E-state index in [2.05, 4.69) is 23.9 Å². The van der Waals surface area contributed by atoms with Gasteiger partial charge in [0.1, 0.15) is 5.75 Å². The molecule has 0 bridgehead atoms. The Labute approximate surface area is 119 Å². The van der Waals surface area contributed by atoms with Gasteiger partial charge in [-0.3, -0.25) is 0 Å². The highest BCUT2D eigenvalue weighted by Crippen LogP contribution is 2.43. The molecule has 1 aliphatic carbocycles. The standard InChI is InChI=1S/C16H23F2NO/c1-3-16(9-4-10-16)11-19-12(2)13-5-7-14(8-6-13)20-15(17)18/h5-8,12,15,19H,3-4,9-11H2,1-2H3. The Kier molecular flexibility index (Phi) is 4.97. The van der Waals surface area contributed by atoms with Gasteiger partial charge in [0.05, 0.1) is 0 Å². The summed E-state index contributed by atoms with van der Waals surface area (Å²) in [7, 11) is 0. The highest BCUT2D eigenvalue weighted by Gasteiger charge is 2.34. The fourth-order valence-corrected chi connectivity index (χ4v) is 2.76. The fraction of sp³-hybridized carbons (Fsp3) is 0.625. The summed E-state index contributed by atoms with van der Waals surface area (Å²) in [5, 5.41) is 3.56. The zero-order valence-electron chi connectivity index (χ0n) is 12.2. The van der Waals surface area contributed by atoms with Crippen molar-refractivity contribution in [2.24, 2.45) is 5.41 Å². The molecule has 1 fully saturated rings. The number of rotatable bonds is 7. The van der Waals surface area contributed by atoms with Crippen molar-refractivity contribution in [2.75, 3.05) is 6.54 Å². The van der Waals surface area contributed by atoms with Crippen LogP contribution in [0.5, 0.6) is 5.75 Å². The Balaban J connectivity index is 1.87. The molecule has 0 aliphatic heterocycles. The predicted molar refractivity (Wildman–Crippen MR) is 76.1 cm³/mol. The maximum absolute atomic E-state index is 12.1. The van der Waals surface area contributed by atoms with Gasteiger partial charge in [-0.25, -0.2) is 0 Å². The average molecular weight is 283 g/mol. The molecule has 2 rings (SSSR count). The Morgan fingerprint density at radius 3 is 2.35 bits per heavy atom. The monoisotopic (exact) mass is 283 g/mol. The van der Waals surface area contributed by atoms with Crippen molar-refractivity contribution in [3.8, 4) is 5.75 Å². The Morgan fingerprint density at radius 2 is 1.90 bits per heavy atom. The molecule has 0 heterocycles. The Bertz CT molecular complexity index is 409. The van der Waals surface area contributed by atoms with E-state index in [9.17, 15) is 8.78 Å². The van der Waals surface area contributed by atoms with E-state index >= 15 is 0 Å². The molecular weight excluding hydrogens is 260 g/mol. The summed E-state index contributed by atoms with van der Waals surface area (Å²) < 4.78 is 28.5. The van der Waals surface area contributed by atoms with Crippen molar-refractivity contribution in [1.29, 1.82) is 0 Å². The van der Waals surface area contributed by atoms with Gasteiger partial charge in [-0.1, -0.05) is 25.5 Å². The molecule has 0 spiro atoms. The van der Waals surface area contributed by atoms with Crippen LogP contribution in [-0.2, 0) is 0 Å². The van der Waals surface area contributed by atoms with Crippen LogP contribution in [0.25, 0.3) is 0 Å². The first-order valence-electron chi connectivity index (χ1n) is 7.33.